The first-order chi connectivity index (χ1) is 7.60. The first-order valence-electron chi connectivity index (χ1n) is 5.57. The second kappa shape index (κ2) is 6.22. The minimum Gasteiger partial charge on any atom is -0.369 e. The summed E-state index contributed by atoms with van der Waals surface area (Å²) in [4.78, 5) is 11.0. The molecule has 90 valence electrons. The van der Waals surface area contributed by atoms with Crippen LogP contribution >= 0.6 is 22.6 Å². The number of nitrogens with zero attached hydrogens (tertiary/aromatic N) is 3. The van der Waals surface area contributed by atoms with E-state index in [1.165, 1.54) is 0 Å². The number of aryl methyl sites for hydroxylation is 1. The molecule has 0 aliphatic rings. The summed E-state index contributed by atoms with van der Waals surface area (Å²) in [7, 11) is 3.93. The van der Waals surface area contributed by atoms with Gasteiger partial charge in [-0.15, -0.1) is 0 Å². The lowest BCUT2D eigenvalue weighted by molar-refractivity contribution is 0.851. The summed E-state index contributed by atoms with van der Waals surface area (Å²) in [6.45, 7) is 5.12. The second-order valence-corrected chi connectivity index (χ2v) is 4.89. The first kappa shape index (κ1) is 13.5. The molecule has 0 radical (unpaired) electrons. The van der Waals surface area contributed by atoms with Gasteiger partial charge in [0.25, 0.3) is 0 Å². The smallest absolute Gasteiger partial charge is 0.227 e. The van der Waals surface area contributed by atoms with E-state index in [4.69, 9.17) is 0 Å². The van der Waals surface area contributed by atoms with Crippen molar-refractivity contribution >= 4 is 34.4 Å². The Morgan fingerprint density at radius 1 is 1.25 bits per heavy atom. The van der Waals surface area contributed by atoms with Gasteiger partial charge in [-0.3, -0.25) is 0 Å². The van der Waals surface area contributed by atoms with Crippen LogP contribution in [0.2, 0.25) is 0 Å². The number of hydrogen-bond acceptors (Lipinski definition) is 4. The SMILES string of the molecule is CCCc1nc(N(C)C)nc(NCC)c1I. The lowest BCUT2D eigenvalue weighted by Crippen LogP contribution is -2.16. The van der Waals surface area contributed by atoms with Gasteiger partial charge in [-0.2, -0.15) is 4.98 Å². The van der Waals surface area contributed by atoms with E-state index in [1.54, 1.807) is 0 Å². The van der Waals surface area contributed by atoms with Crippen molar-refractivity contribution in [3.05, 3.63) is 9.26 Å². The minimum absolute atomic E-state index is 0.778. The van der Waals surface area contributed by atoms with Crippen LogP contribution in [0.5, 0.6) is 0 Å². The highest BCUT2D eigenvalue weighted by Crippen LogP contribution is 2.22. The molecule has 0 unspecified atom stereocenters. The number of halogens is 1. The number of hydrogen-bond donors (Lipinski definition) is 1. The van der Waals surface area contributed by atoms with Crippen molar-refractivity contribution < 1.29 is 0 Å². The van der Waals surface area contributed by atoms with Crippen molar-refractivity contribution in [2.75, 3.05) is 30.9 Å². The first-order valence-corrected chi connectivity index (χ1v) is 6.65. The van der Waals surface area contributed by atoms with Crippen molar-refractivity contribution in [1.29, 1.82) is 0 Å². The van der Waals surface area contributed by atoms with E-state index < -0.39 is 0 Å². The van der Waals surface area contributed by atoms with Crippen LogP contribution in [0.1, 0.15) is 26.0 Å². The van der Waals surface area contributed by atoms with Gasteiger partial charge in [0.2, 0.25) is 5.95 Å². The number of rotatable bonds is 5. The van der Waals surface area contributed by atoms with E-state index in [0.717, 1.165) is 40.4 Å². The van der Waals surface area contributed by atoms with E-state index in [1.807, 2.05) is 19.0 Å². The lowest BCUT2D eigenvalue weighted by atomic mass is 10.2. The molecule has 0 aliphatic carbocycles. The van der Waals surface area contributed by atoms with Gasteiger partial charge >= 0.3 is 0 Å². The van der Waals surface area contributed by atoms with E-state index in [0.29, 0.717) is 0 Å². The van der Waals surface area contributed by atoms with Crippen molar-refractivity contribution in [1.82, 2.24) is 9.97 Å². The van der Waals surface area contributed by atoms with Crippen LogP contribution in [-0.4, -0.2) is 30.6 Å². The molecule has 1 rings (SSSR count). The number of nitrogens with one attached hydrogen (secondary N) is 1. The third kappa shape index (κ3) is 3.20. The Morgan fingerprint density at radius 3 is 2.44 bits per heavy atom. The van der Waals surface area contributed by atoms with E-state index in [2.05, 4.69) is 51.7 Å². The molecule has 1 aromatic rings. The summed E-state index contributed by atoms with van der Waals surface area (Å²) < 4.78 is 1.15. The van der Waals surface area contributed by atoms with Crippen LogP contribution in [0, 0.1) is 3.57 Å². The topological polar surface area (TPSA) is 41.1 Å². The monoisotopic (exact) mass is 334 g/mol. The molecule has 0 saturated heterocycles. The number of aromatic nitrogens is 2. The van der Waals surface area contributed by atoms with Crippen LogP contribution in [0.25, 0.3) is 0 Å². The normalized spacial score (nSPS) is 10.3. The summed E-state index contributed by atoms with van der Waals surface area (Å²) in [5.74, 6) is 1.73. The molecule has 0 saturated carbocycles. The minimum atomic E-state index is 0.778. The van der Waals surface area contributed by atoms with Crippen molar-refractivity contribution in [2.24, 2.45) is 0 Å². The summed E-state index contributed by atoms with van der Waals surface area (Å²) in [6.07, 6.45) is 2.10. The molecule has 1 N–H and O–H groups in total. The second-order valence-electron chi connectivity index (χ2n) is 3.81. The Kier molecular flexibility index (Phi) is 5.24. The Bertz CT molecular complexity index is 325. The standard InChI is InChI=1S/C11H19IN4/c1-5-7-8-9(12)10(13-6-2)15-11(14-8)16(3)4/h5-7H2,1-4H3,(H,13,14,15). The van der Waals surface area contributed by atoms with Gasteiger partial charge in [0, 0.05) is 20.6 Å². The maximum Gasteiger partial charge on any atom is 0.227 e. The van der Waals surface area contributed by atoms with Crippen LogP contribution in [0.15, 0.2) is 0 Å². The largest absolute Gasteiger partial charge is 0.369 e. The Labute approximate surface area is 111 Å². The fraction of sp³-hybridized carbons (Fsp3) is 0.636. The lowest BCUT2D eigenvalue weighted by Gasteiger charge is -2.15. The Morgan fingerprint density at radius 2 is 1.94 bits per heavy atom. The third-order valence-electron chi connectivity index (χ3n) is 2.14. The van der Waals surface area contributed by atoms with Crippen LogP contribution in [-0.2, 0) is 6.42 Å². The molecule has 0 aromatic carbocycles. The molecular formula is C11H19IN4. The molecule has 16 heavy (non-hydrogen) atoms. The molecule has 0 spiro atoms. The van der Waals surface area contributed by atoms with E-state index in [9.17, 15) is 0 Å². The summed E-state index contributed by atoms with van der Waals surface area (Å²) >= 11 is 2.32. The highest BCUT2D eigenvalue weighted by atomic mass is 127. The van der Waals surface area contributed by atoms with Crippen molar-refractivity contribution in [3.63, 3.8) is 0 Å². The zero-order valence-corrected chi connectivity index (χ0v) is 12.5. The highest BCUT2D eigenvalue weighted by molar-refractivity contribution is 14.1. The van der Waals surface area contributed by atoms with Gasteiger partial charge in [0.15, 0.2) is 0 Å². The Balaban J connectivity index is 3.16. The third-order valence-corrected chi connectivity index (χ3v) is 3.27. The maximum absolute atomic E-state index is 4.57. The zero-order valence-electron chi connectivity index (χ0n) is 10.3. The van der Waals surface area contributed by atoms with Gasteiger partial charge in [-0.05, 0) is 35.9 Å². The van der Waals surface area contributed by atoms with E-state index in [-0.39, 0.29) is 0 Å². The molecule has 1 aromatic heterocycles. The quantitative estimate of drug-likeness (QED) is 0.841. The summed E-state index contributed by atoms with van der Waals surface area (Å²) in [5.41, 5.74) is 1.14. The van der Waals surface area contributed by atoms with Gasteiger partial charge in [-0.1, -0.05) is 13.3 Å². The number of anilines is 2. The molecule has 0 bridgehead atoms. The van der Waals surface area contributed by atoms with Crippen LogP contribution < -0.4 is 10.2 Å². The van der Waals surface area contributed by atoms with E-state index >= 15 is 0 Å². The zero-order chi connectivity index (χ0) is 12.1. The van der Waals surface area contributed by atoms with Gasteiger partial charge in [-0.25, -0.2) is 4.98 Å². The van der Waals surface area contributed by atoms with Crippen LogP contribution in [0.3, 0.4) is 0 Å². The predicted octanol–water partition coefficient (Wildman–Crippen LogP) is 2.53. The fourth-order valence-electron chi connectivity index (χ4n) is 1.37. The molecule has 1 heterocycles. The molecule has 0 aliphatic heterocycles. The van der Waals surface area contributed by atoms with Gasteiger partial charge in [0.05, 0.1) is 9.26 Å². The Hall–Kier alpha value is -0.590. The van der Waals surface area contributed by atoms with Gasteiger partial charge < -0.3 is 10.2 Å². The predicted molar refractivity (Wildman–Crippen MR) is 77.2 cm³/mol. The highest BCUT2D eigenvalue weighted by Gasteiger charge is 2.11. The fourth-order valence-corrected chi connectivity index (χ4v) is 2.07. The molecule has 0 fully saturated rings. The van der Waals surface area contributed by atoms with Crippen molar-refractivity contribution in [3.8, 4) is 0 Å². The molecule has 4 nitrogen and oxygen atoms in total. The maximum atomic E-state index is 4.57. The van der Waals surface area contributed by atoms with Crippen LogP contribution in [0.4, 0.5) is 11.8 Å². The van der Waals surface area contributed by atoms with Gasteiger partial charge in [0.1, 0.15) is 5.82 Å². The summed E-state index contributed by atoms with van der Waals surface area (Å²) in [6, 6.07) is 0. The molecule has 5 heteroatoms. The summed E-state index contributed by atoms with van der Waals surface area (Å²) in [5, 5.41) is 3.28. The molecule has 0 atom stereocenters. The molecule has 0 amide bonds. The average molecular weight is 334 g/mol. The van der Waals surface area contributed by atoms with Crippen molar-refractivity contribution in [2.45, 2.75) is 26.7 Å². The average Bonchev–Trinajstić information content (AvgIpc) is 2.24. The molecular weight excluding hydrogens is 315 g/mol.